The summed E-state index contributed by atoms with van der Waals surface area (Å²) in [7, 11) is 0. The van der Waals surface area contributed by atoms with Crippen LogP contribution in [-0.4, -0.2) is 20.9 Å². The van der Waals surface area contributed by atoms with Crippen LogP contribution in [0.25, 0.3) is 22.4 Å². The smallest absolute Gasteiger partial charge is 0.221 e. The number of hydrogen-bond acceptors (Lipinski definition) is 3. The van der Waals surface area contributed by atoms with Crippen molar-refractivity contribution < 1.29 is 4.79 Å². The first kappa shape index (κ1) is 16.6. The van der Waals surface area contributed by atoms with E-state index in [4.69, 9.17) is 0 Å². The molecule has 0 saturated carbocycles. The Labute approximate surface area is 156 Å². The van der Waals surface area contributed by atoms with E-state index >= 15 is 0 Å². The van der Waals surface area contributed by atoms with Gasteiger partial charge in [0.1, 0.15) is 11.5 Å². The zero-order valence-electron chi connectivity index (χ0n) is 14.7. The molecule has 0 bridgehead atoms. The Morgan fingerprint density at radius 1 is 1.04 bits per heavy atom. The minimum Gasteiger partial charge on any atom is -0.338 e. The van der Waals surface area contributed by atoms with Crippen LogP contribution in [0.2, 0.25) is 0 Å². The van der Waals surface area contributed by atoms with E-state index in [1.807, 2.05) is 60.7 Å². The maximum atomic E-state index is 11.1. The van der Waals surface area contributed by atoms with Crippen LogP contribution in [0.4, 0.5) is 5.69 Å². The second-order valence-electron chi connectivity index (χ2n) is 6.04. The van der Waals surface area contributed by atoms with Gasteiger partial charge in [0.05, 0.1) is 11.0 Å². The molecule has 5 heteroatoms. The van der Waals surface area contributed by atoms with Gasteiger partial charge in [0, 0.05) is 29.9 Å². The quantitative estimate of drug-likeness (QED) is 0.536. The lowest BCUT2D eigenvalue weighted by atomic mass is 10.2. The number of nitrogens with one attached hydrogen (secondary N) is 2. The van der Waals surface area contributed by atoms with Crippen LogP contribution in [0.1, 0.15) is 18.2 Å². The fourth-order valence-corrected chi connectivity index (χ4v) is 2.71. The van der Waals surface area contributed by atoms with Crippen LogP contribution in [-0.2, 0) is 4.79 Å². The van der Waals surface area contributed by atoms with Crippen molar-refractivity contribution in [3.8, 4) is 23.2 Å². The number of aromatic nitrogens is 3. The first-order chi connectivity index (χ1) is 13.2. The Balaban J connectivity index is 1.61. The van der Waals surface area contributed by atoms with Crippen molar-refractivity contribution in [2.24, 2.45) is 0 Å². The second-order valence-corrected chi connectivity index (χ2v) is 6.04. The SMILES string of the molecule is CC(=O)Nc1ccc(-c2nc3cc(C#Cc4ccccn4)ccc3[nH]2)cc1. The average molecular weight is 352 g/mol. The number of pyridine rings is 1. The van der Waals surface area contributed by atoms with Crippen LogP contribution < -0.4 is 5.32 Å². The van der Waals surface area contributed by atoms with Crippen LogP contribution in [0, 0.1) is 11.8 Å². The van der Waals surface area contributed by atoms with Crippen LogP contribution in [0.5, 0.6) is 0 Å². The summed E-state index contributed by atoms with van der Waals surface area (Å²) in [6, 6.07) is 19.1. The van der Waals surface area contributed by atoms with Crippen LogP contribution in [0.15, 0.2) is 66.9 Å². The number of benzene rings is 2. The molecule has 130 valence electrons. The molecule has 4 rings (SSSR count). The minimum absolute atomic E-state index is 0.0918. The summed E-state index contributed by atoms with van der Waals surface area (Å²) in [5.74, 6) is 6.85. The van der Waals surface area contributed by atoms with Gasteiger partial charge < -0.3 is 10.3 Å². The van der Waals surface area contributed by atoms with E-state index in [2.05, 4.69) is 32.1 Å². The number of H-pyrrole nitrogens is 1. The number of hydrogen-bond donors (Lipinski definition) is 2. The fraction of sp³-hybridized carbons (Fsp3) is 0.0455. The molecule has 27 heavy (non-hydrogen) atoms. The molecule has 0 aliphatic carbocycles. The third-order valence-electron chi connectivity index (χ3n) is 3.96. The van der Waals surface area contributed by atoms with Crippen molar-refractivity contribution in [2.45, 2.75) is 6.92 Å². The highest BCUT2D eigenvalue weighted by Crippen LogP contribution is 2.22. The van der Waals surface area contributed by atoms with E-state index in [9.17, 15) is 4.79 Å². The summed E-state index contributed by atoms with van der Waals surface area (Å²) in [5.41, 5.74) is 5.12. The summed E-state index contributed by atoms with van der Waals surface area (Å²) in [6.45, 7) is 1.49. The van der Waals surface area contributed by atoms with E-state index < -0.39 is 0 Å². The zero-order chi connectivity index (χ0) is 18.6. The number of rotatable bonds is 2. The number of anilines is 1. The van der Waals surface area contributed by atoms with Gasteiger partial charge >= 0.3 is 0 Å². The first-order valence-electron chi connectivity index (χ1n) is 8.48. The molecule has 4 aromatic rings. The maximum absolute atomic E-state index is 11.1. The van der Waals surface area contributed by atoms with Crippen molar-refractivity contribution in [3.05, 3.63) is 78.1 Å². The predicted molar refractivity (Wildman–Crippen MR) is 106 cm³/mol. The predicted octanol–water partition coefficient (Wildman–Crippen LogP) is 3.98. The Bertz CT molecular complexity index is 1170. The van der Waals surface area contributed by atoms with Gasteiger partial charge in [-0.1, -0.05) is 12.0 Å². The molecule has 5 nitrogen and oxygen atoms in total. The molecule has 2 N–H and O–H groups in total. The average Bonchev–Trinajstić information content (AvgIpc) is 3.10. The molecule has 2 aromatic carbocycles. The number of nitrogens with zero attached hydrogens (tertiary/aromatic N) is 2. The summed E-state index contributed by atoms with van der Waals surface area (Å²) < 4.78 is 0. The van der Waals surface area contributed by atoms with Gasteiger partial charge in [0.25, 0.3) is 0 Å². The number of imidazole rings is 1. The van der Waals surface area contributed by atoms with Gasteiger partial charge in [-0.15, -0.1) is 0 Å². The van der Waals surface area contributed by atoms with Crippen molar-refractivity contribution in [1.82, 2.24) is 15.0 Å². The summed E-state index contributed by atoms with van der Waals surface area (Å²) in [5, 5.41) is 2.76. The molecule has 0 aliphatic heterocycles. The van der Waals surface area contributed by atoms with E-state index in [0.717, 1.165) is 39.4 Å². The van der Waals surface area contributed by atoms with Crippen LogP contribution >= 0.6 is 0 Å². The molecule has 0 unspecified atom stereocenters. The van der Waals surface area contributed by atoms with Crippen molar-refractivity contribution in [2.75, 3.05) is 5.32 Å². The molecule has 0 spiro atoms. The van der Waals surface area contributed by atoms with Crippen molar-refractivity contribution in [1.29, 1.82) is 0 Å². The Kier molecular flexibility index (Phi) is 4.38. The highest BCUT2D eigenvalue weighted by molar-refractivity contribution is 5.89. The minimum atomic E-state index is -0.0918. The Morgan fingerprint density at radius 2 is 1.89 bits per heavy atom. The van der Waals surface area contributed by atoms with Gasteiger partial charge in [0.15, 0.2) is 0 Å². The molecule has 1 amide bonds. The van der Waals surface area contributed by atoms with Crippen LogP contribution in [0.3, 0.4) is 0 Å². The Hall–Kier alpha value is -3.91. The fourth-order valence-electron chi connectivity index (χ4n) is 2.71. The maximum Gasteiger partial charge on any atom is 0.221 e. The molecular weight excluding hydrogens is 336 g/mol. The van der Waals surface area contributed by atoms with E-state index in [1.165, 1.54) is 6.92 Å². The topological polar surface area (TPSA) is 70.7 Å². The van der Waals surface area contributed by atoms with E-state index in [1.54, 1.807) is 6.20 Å². The number of fused-ring (bicyclic) bond motifs is 1. The highest BCUT2D eigenvalue weighted by atomic mass is 16.1. The summed E-state index contributed by atoms with van der Waals surface area (Å²) >= 11 is 0. The van der Waals surface area contributed by atoms with Crippen molar-refractivity contribution >= 4 is 22.6 Å². The molecule has 2 heterocycles. The standard InChI is InChI=1S/C22H16N4O/c1-15(27)24-19-10-7-17(8-11-19)22-25-20-12-6-16(14-21(20)26-22)5-9-18-4-2-3-13-23-18/h2-4,6-8,10-14H,1H3,(H,24,27)(H,25,26). The first-order valence-corrected chi connectivity index (χ1v) is 8.48. The molecular formula is C22H16N4O. The third kappa shape index (κ3) is 3.86. The highest BCUT2D eigenvalue weighted by Gasteiger charge is 2.06. The second kappa shape index (κ2) is 7.14. The number of carbonyl (C=O) groups excluding carboxylic acids is 1. The van der Waals surface area contributed by atoms with Gasteiger partial charge in [-0.2, -0.15) is 0 Å². The molecule has 0 radical (unpaired) electrons. The molecule has 0 atom stereocenters. The number of aromatic amines is 1. The van der Waals surface area contributed by atoms with Crippen molar-refractivity contribution in [3.63, 3.8) is 0 Å². The largest absolute Gasteiger partial charge is 0.338 e. The third-order valence-corrected chi connectivity index (χ3v) is 3.96. The summed E-state index contributed by atoms with van der Waals surface area (Å²) in [4.78, 5) is 23.3. The molecule has 0 fully saturated rings. The number of amides is 1. The van der Waals surface area contributed by atoms with Gasteiger partial charge in [0.2, 0.25) is 5.91 Å². The monoisotopic (exact) mass is 352 g/mol. The lowest BCUT2D eigenvalue weighted by molar-refractivity contribution is -0.114. The lowest BCUT2D eigenvalue weighted by Gasteiger charge is -2.02. The van der Waals surface area contributed by atoms with E-state index in [-0.39, 0.29) is 5.91 Å². The van der Waals surface area contributed by atoms with Gasteiger partial charge in [-0.25, -0.2) is 9.97 Å². The summed E-state index contributed by atoms with van der Waals surface area (Å²) in [6.07, 6.45) is 1.73. The van der Waals surface area contributed by atoms with Gasteiger partial charge in [-0.05, 0) is 60.5 Å². The van der Waals surface area contributed by atoms with Gasteiger partial charge in [-0.3, -0.25) is 4.79 Å². The molecule has 2 aromatic heterocycles. The lowest BCUT2D eigenvalue weighted by Crippen LogP contribution is -2.05. The Morgan fingerprint density at radius 3 is 2.63 bits per heavy atom. The molecule has 0 aliphatic rings. The number of carbonyl (C=O) groups is 1. The zero-order valence-corrected chi connectivity index (χ0v) is 14.7. The molecule has 0 saturated heterocycles. The van der Waals surface area contributed by atoms with E-state index in [0.29, 0.717) is 0 Å². The normalized spacial score (nSPS) is 10.3.